The summed E-state index contributed by atoms with van der Waals surface area (Å²) in [5, 5.41) is 0. The Morgan fingerprint density at radius 1 is 1.06 bits per heavy atom. The molecule has 2 unspecified atom stereocenters. The number of aldehydes is 1. The van der Waals surface area contributed by atoms with Crippen molar-refractivity contribution in [1.29, 1.82) is 0 Å². The van der Waals surface area contributed by atoms with E-state index in [1.165, 1.54) is 6.42 Å². The fourth-order valence-electron chi connectivity index (χ4n) is 2.79. The molecule has 92 valence electrons. The average Bonchev–Trinajstić information content (AvgIpc) is 2.28. The molecule has 17 heavy (non-hydrogen) atoms. The molecule has 0 saturated heterocycles. The van der Waals surface area contributed by atoms with E-state index in [0.29, 0.717) is 11.7 Å². The van der Waals surface area contributed by atoms with Crippen molar-refractivity contribution in [2.75, 3.05) is 0 Å². The van der Waals surface area contributed by atoms with Crippen molar-refractivity contribution in [3.8, 4) is 5.75 Å². The summed E-state index contributed by atoms with van der Waals surface area (Å²) in [6.45, 7) is 4.59. The summed E-state index contributed by atoms with van der Waals surface area (Å²) >= 11 is 0. The van der Waals surface area contributed by atoms with Crippen LogP contribution in [-0.2, 0) is 0 Å². The fourth-order valence-corrected chi connectivity index (χ4v) is 2.79. The molecule has 0 aromatic heterocycles. The predicted molar refractivity (Wildman–Crippen MR) is 68.4 cm³/mol. The number of hydrogen-bond donors (Lipinski definition) is 0. The quantitative estimate of drug-likeness (QED) is 0.743. The highest BCUT2D eigenvalue weighted by Gasteiger charge is 2.25. The Morgan fingerprint density at radius 2 is 1.65 bits per heavy atom. The molecular formula is C15H20O2. The van der Waals surface area contributed by atoms with Crippen LogP contribution in [-0.4, -0.2) is 12.4 Å². The van der Waals surface area contributed by atoms with Gasteiger partial charge in [0.15, 0.2) is 0 Å². The van der Waals surface area contributed by atoms with E-state index in [0.717, 1.165) is 36.7 Å². The van der Waals surface area contributed by atoms with Gasteiger partial charge in [-0.15, -0.1) is 0 Å². The van der Waals surface area contributed by atoms with Crippen LogP contribution >= 0.6 is 0 Å². The van der Waals surface area contributed by atoms with Crippen LogP contribution in [0.15, 0.2) is 24.3 Å². The van der Waals surface area contributed by atoms with E-state index in [2.05, 4.69) is 13.8 Å². The third-order valence-electron chi connectivity index (χ3n) is 3.45. The Labute approximate surface area is 103 Å². The third kappa shape index (κ3) is 3.32. The van der Waals surface area contributed by atoms with Crippen molar-refractivity contribution in [2.45, 2.75) is 39.2 Å². The van der Waals surface area contributed by atoms with Gasteiger partial charge in [-0.05, 0) is 55.4 Å². The molecule has 2 nitrogen and oxygen atoms in total. The van der Waals surface area contributed by atoms with Gasteiger partial charge in [0.2, 0.25) is 0 Å². The van der Waals surface area contributed by atoms with Crippen LogP contribution in [0, 0.1) is 11.8 Å². The summed E-state index contributed by atoms with van der Waals surface area (Å²) in [5.41, 5.74) is 0.697. The summed E-state index contributed by atoms with van der Waals surface area (Å²) in [4.78, 5) is 10.6. The molecule has 2 atom stereocenters. The summed E-state index contributed by atoms with van der Waals surface area (Å²) in [5.74, 6) is 2.37. The average molecular weight is 232 g/mol. The van der Waals surface area contributed by atoms with Crippen LogP contribution in [0.25, 0.3) is 0 Å². The second-order valence-corrected chi connectivity index (χ2v) is 5.34. The number of ether oxygens (including phenoxy) is 1. The number of hydrogen-bond acceptors (Lipinski definition) is 2. The van der Waals surface area contributed by atoms with E-state index < -0.39 is 0 Å². The van der Waals surface area contributed by atoms with Gasteiger partial charge in [-0.2, -0.15) is 0 Å². The zero-order chi connectivity index (χ0) is 12.3. The van der Waals surface area contributed by atoms with Gasteiger partial charge in [-0.25, -0.2) is 0 Å². The first-order valence-electron chi connectivity index (χ1n) is 6.39. The van der Waals surface area contributed by atoms with Gasteiger partial charge >= 0.3 is 0 Å². The zero-order valence-corrected chi connectivity index (χ0v) is 10.6. The summed E-state index contributed by atoms with van der Waals surface area (Å²) in [7, 11) is 0. The summed E-state index contributed by atoms with van der Waals surface area (Å²) in [6, 6.07) is 7.37. The van der Waals surface area contributed by atoms with E-state index in [4.69, 9.17) is 4.74 Å². The van der Waals surface area contributed by atoms with Gasteiger partial charge < -0.3 is 4.74 Å². The lowest BCUT2D eigenvalue weighted by Gasteiger charge is -2.31. The molecule has 0 amide bonds. The molecule has 2 rings (SSSR count). The predicted octanol–water partition coefficient (Wildman–Crippen LogP) is 3.70. The normalized spacial score (nSPS) is 28.7. The van der Waals surface area contributed by atoms with E-state index in [9.17, 15) is 4.79 Å². The Bertz CT molecular complexity index is 359. The first-order valence-corrected chi connectivity index (χ1v) is 6.39. The molecular weight excluding hydrogens is 212 g/mol. The lowest BCUT2D eigenvalue weighted by Crippen LogP contribution is -2.28. The van der Waals surface area contributed by atoms with Crippen LogP contribution < -0.4 is 4.74 Å². The van der Waals surface area contributed by atoms with Gasteiger partial charge in [0.1, 0.15) is 12.0 Å². The summed E-state index contributed by atoms with van der Waals surface area (Å²) < 4.78 is 5.98. The topological polar surface area (TPSA) is 26.3 Å². The van der Waals surface area contributed by atoms with E-state index in [1.807, 2.05) is 12.1 Å². The Balaban J connectivity index is 1.97. The van der Waals surface area contributed by atoms with Crippen molar-refractivity contribution >= 4 is 6.29 Å². The van der Waals surface area contributed by atoms with Gasteiger partial charge in [-0.3, -0.25) is 4.79 Å². The number of carbonyl (C=O) groups excluding carboxylic acids is 1. The van der Waals surface area contributed by atoms with Crippen LogP contribution in [0.4, 0.5) is 0 Å². The highest BCUT2D eigenvalue weighted by Crippen LogP contribution is 2.31. The maximum absolute atomic E-state index is 10.6. The minimum Gasteiger partial charge on any atom is -0.490 e. The molecule has 0 spiro atoms. The largest absolute Gasteiger partial charge is 0.490 e. The standard InChI is InChI=1S/C15H20O2/c1-11-7-12(2)9-15(8-11)17-14-5-3-13(10-16)4-6-14/h3-6,10-12,15H,7-9H2,1-2H3. The van der Waals surface area contributed by atoms with Crippen molar-refractivity contribution in [1.82, 2.24) is 0 Å². The van der Waals surface area contributed by atoms with E-state index in [-0.39, 0.29) is 0 Å². The smallest absolute Gasteiger partial charge is 0.150 e. The van der Waals surface area contributed by atoms with Crippen LogP contribution in [0.5, 0.6) is 5.75 Å². The van der Waals surface area contributed by atoms with Crippen LogP contribution in [0.2, 0.25) is 0 Å². The molecule has 1 aliphatic rings. The van der Waals surface area contributed by atoms with Crippen molar-refractivity contribution < 1.29 is 9.53 Å². The third-order valence-corrected chi connectivity index (χ3v) is 3.45. The van der Waals surface area contributed by atoms with Crippen LogP contribution in [0.3, 0.4) is 0 Å². The SMILES string of the molecule is CC1CC(C)CC(Oc2ccc(C=O)cc2)C1. The monoisotopic (exact) mass is 232 g/mol. The second-order valence-electron chi connectivity index (χ2n) is 5.34. The molecule has 0 heterocycles. The molecule has 1 aromatic carbocycles. The number of rotatable bonds is 3. The van der Waals surface area contributed by atoms with Crippen molar-refractivity contribution in [2.24, 2.45) is 11.8 Å². The number of carbonyl (C=O) groups is 1. The maximum atomic E-state index is 10.6. The zero-order valence-electron chi connectivity index (χ0n) is 10.6. The second kappa shape index (κ2) is 5.35. The Morgan fingerprint density at radius 3 is 2.18 bits per heavy atom. The number of benzene rings is 1. The molecule has 2 heteroatoms. The van der Waals surface area contributed by atoms with Gasteiger partial charge in [0.25, 0.3) is 0 Å². The first kappa shape index (κ1) is 12.2. The molecule has 1 aliphatic carbocycles. The molecule has 0 radical (unpaired) electrons. The molecule has 0 bridgehead atoms. The van der Waals surface area contributed by atoms with Crippen molar-refractivity contribution in [3.05, 3.63) is 29.8 Å². The molecule has 0 N–H and O–H groups in total. The summed E-state index contributed by atoms with van der Waals surface area (Å²) in [6.07, 6.45) is 4.77. The van der Waals surface area contributed by atoms with Gasteiger partial charge in [0, 0.05) is 5.56 Å². The van der Waals surface area contributed by atoms with Gasteiger partial charge in [-0.1, -0.05) is 13.8 Å². The van der Waals surface area contributed by atoms with E-state index in [1.54, 1.807) is 12.1 Å². The highest BCUT2D eigenvalue weighted by atomic mass is 16.5. The maximum Gasteiger partial charge on any atom is 0.150 e. The Hall–Kier alpha value is -1.31. The lowest BCUT2D eigenvalue weighted by molar-refractivity contribution is 0.101. The molecule has 0 aliphatic heterocycles. The molecule has 1 saturated carbocycles. The lowest BCUT2D eigenvalue weighted by atomic mass is 9.82. The van der Waals surface area contributed by atoms with E-state index >= 15 is 0 Å². The van der Waals surface area contributed by atoms with Gasteiger partial charge in [0.05, 0.1) is 6.10 Å². The van der Waals surface area contributed by atoms with Crippen LogP contribution in [0.1, 0.15) is 43.5 Å². The van der Waals surface area contributed by atoms with Crippen molar-refractivity contribution in [3.63, 3.8) is 0 Å². The molecule has 1 fully saturated rings. The Kier molecular flexibility index (Phi) is 3.82. The minimum absolute atomic E-state index is 0.329. The fraction of sp³-hybridized carbons (Fsp3) is 0.533. The first-order chi connectivity index (χ1) is 8.17. The highest BCUT2D eigenvalue weighted by molar-refractivity contribution is 5.74. The minimum atomic E-state index is 0.329. The molecule has 1 aromatic rings.